The Morgan fingerprint density at radius 3 is 2.80 bits per heavy atom. The molecule has 15 heavy (non-hydrogen) atoms. The molecular weight excluding hydrogens is 216 g/mol. The van der Waals surface area contributed by atoms with Gasteiger partial charge in [0.15, 0.2) is 5.15 Å². The van der Waals surface area contributed by atoms with Crippen LogP contribution < -0.4 is 5.32 Å². The lowest BCUT2D eigenvalue weighted by molar-refractivity contribution is -0.127. The van der Waals surface area contributed by atoms with Crippen LogP contribution in [0.4, 0.5) is 5.82 Å². The van der Waals surface area contributed by atoms with Gasteiger partial charge in [0.05, 0.1) is 6.54 Å². The van der Waals surface area contributed by atoms with Crippen LogP contribution >= 0.6 is 11.6 Å². The van der Waals surface area contributed by atoms with E-state index in [-0.39, 0.29) is 12.5 Å². The van der Waals surface area contributed by atoms with Gasteiger partial charge in [-0.05, 0) is 19.1 Å². The molecule has 0 saturated heterocycles. The number of hydrogen-bond acceptors (Lipinski definition) is 4. The standard InChI is InChI=1S/C9H13ClN4O/c1-3-14(2)9(15)6-11-8-5-4-7(10)12-13-8/h4-5H,3,6H2,1-2H3,(H,11,13). The van der Waals surface area contributed by atoms with Gasteiger partial charge in [-0.1, -0.05) is 11.6 Å². The summed E-state index contributed by atoms with van der Waals surface area (Å²) in [4.78, 5) is 13.0. The van der Waals surface area contributed by atoms with Crippen LogP contribution in [0.15, 0.2) is 12.1 Å². The number of carbonyl (C=O) groups excluding carboxylic acids is 1. The number of aromatic nitrogens is 2. The summed E-state index contributed by atoms with van der Waals surface area (Å²) in [7, 11) is 1.75. The third kappa shape index (κ3) is 3.71. The monoisotopic (exact) mass is 228 g/mol. The van der Waals surface area contributed by atoms with Crippen molar-refractivity contribution in [3.63, 3.8) is 0 Å². The summed E-state index contributed by atoms with van der Waals surface area (Å²) in [6.45, 7) is 2.81. The normalized spacial score (nSPS) is 9.80. The number of likely N-dealkylation sites (N-methyl/N-ethyl adjacent to an activating group) is 1. The van der Waals surface area contributed by atoms with Crippen molar-refractivity contribution < 1.29 is 4.79 Å². The minimum Gasteiger partial charge on any atom is -0.360 e. The van der Waals surface area contributed by atoms with E-state index in [1.54, 1.807) is 24.1 Å². The predicted octanol–water partition coefficient (Wildman–Crippen LogP) is 1.02. The molecule has 0 aromatic carbocycles. The van der Waals surface area contributed by atoms with E-state index in [9.17, 15) is 4.79 Å². The minimum atomic E-state index is 0.00856. The smallest absolute Gasteiger partial charge is 0.241 e. The zero-order valence-corrected chi connectivity index (χ0v) is 9.45. The van der Waals surface area contributed by atoms with Gasteiger partial charge in [0.1, 0.15) is 5.82 Å². The van der Waals surface area contributed by atoms with Crippen LogP contribution in [-0.2, 0) is 4.79 Å². The molecule has 0 radical (unpaired) electrons. The zero-order valence-electron chi connectivity index (χ0n) is 8.70. The van der Waals surface area contributed by atoms with Crippen LogP contribution in [-0.4, -0.2) is 41.1 Å². The number of halogens is 1. The molecule has 0 atom stereocenters. The number of amides is 1. The minimum absolute atomic E-state index is 0.00856. The van der Waals surface area contributed by atoms with Gasteiger partial charge in [-0.25, -0.2) is 0 Å². The molecule has 1 rings (SSSR count). The Balaban J connectivity index is 2.43. The Hall–Kier alpha value is -1.36. The number of carbonyl (C=O) groups is 1. The molecule has 1 aromatic rings. The topological polar surface area (TPSA) is 58.1 Å². The molecule has 1 aromatic heterocycles. The van der Waals surface area contributed by atoms with Crippen LogP contribution in [0.3, 0.4) is 0 Å². The van der Waals surface area contributed by atoms with E-state index in [1.807, 2.05) is 6.92 Å². The maximum atomic E-state index is 11.4. The zero-order chi connectivity index (χ0) is 11.3. The fourth-order valence-corrected chi connectivity index (χ4v) is 0.989. The number of anilines is 1. The van der Waals surface area contributed by atoms with Gasteiger partial charge < -0.3 is 10.2 Å². The highest BCUT2D eigenvalue weighted by Crippen LogP contribution is 2.05. The highest BCUT2D eigenvalue weighted by molar-refractivity contribution is 6.29. The molecular formula is C9H13ClN4O. The van der Waals surface area contributed by atoms with Crippen LogP contribution in [0.1, 0.15) is 6.92 Å². The molecule has 1 heterocycles. The molecule has 0 saturated carbocycles. The summed E-state index contributed by atoms with van der Waals surface area (Å²) in [5.41, 5.74) is 0. The van der Waals surface area contributed by atoms with Crippen molar-refractivity contribution in [3.8, 4) is 0 Å². The molecule has 0 fully saturated rings. The summed E-state index contributed by atoms with van der Waals surface area (Å²) in [5, 5.41) is 10.6. The number of hydrogen-bond donors (Lipinski definition) is 1. The first-order valence-corrected chi connectivity index (χ1v) is 4.98. The van der Waals surface area contributed by atoms with Gasteiger partial charge in [0.2, 0.25) is 5.91 Å². The first kappa shape index (κ1) is 11.7. The van der Waals surface area contributed by atoms with E-state index in [1.165, 1.54) is 0 Å². The largest absolute Gasteiger partial charge is 0.360 e. The highest BCUT2D eigenvalue weighted by atomic mass is 35.5. The molecule has 0 bridgehead atoms. The summed E-state index contributed by atoms with van der Waals surface area (Å²) in [5.74, 6) is 0.548. The van der Waals surface area contributed by atoms with E-state index in [0.717, 1.165) is 0 Å². The third-order valence-corrected chi connectivity index (χ3v) is 2.15. The lowest BCUT2D eigenvalue weighted by atomic mass is 10.4. The van der Waals surface area contributed by atoms with Crippen molar-refractivity contribution in [1.29, 1.82) is 0 Å². The first-order valence-electron chi connectivity index (χ1n) is 4.60. The molecule has 82 valence electrons. The Morgan fingerprint density at radius 1 is 1.53 bits per heavy atom. The predicted molar refractivity (Wildman–Crippen MR) is 58.8 cm³/mol. The van der Waals surface area contributed by atoms with Crippen LogP contribution in [0.25, 0.3) is 0 Å². The van der Waals surface area contributed by atoms with Crippen molar-refractivity contribution in [1.82, 2.24) is 15.1 Å². The molecule has 1 amide bonds. The van der Waals surface area contributed by atoms with Crippen molar-refractivity contribution >= 4 is 23.3 Å². The average Bonchev–Trinajstić information content (AvgIpc) is 2.26. The van der Waals surface area contributed by atoms with Gasteiger partial charge in [0.25, 0.3) is 0 Å². The fourth-order valence-electron chi connectivity index (χ4n) is 0.888. The van der Waals surface area contributed by atoms with Crippen molar-refractivity contribution in [2.24, 2.45) is 0 Å². The Kier molecular flexibility index (Phi) is 4.30. The fraction of sp³-hybridized carbons (Fsp3) is 0.444. The van der Waals surface area contributed by atoms with Crippen LogP contribution in [0.2, 0.25) is 5.15 Å². The van der Waals surface area contributed by atoms with Gasteiger partial charge in [-0.3, -0.25) is 4.79 Å². The Bertz CT molecular complexity index is 327. The van der Waals surface area contributed by atoms with E-state index in [2.05, 4.69) is 15.5 Å². The molecule has 0 aliphatic heterocycles. The lowest BCUT2D eigenvalue weighted by Gasteiger charge is -2.14. The summed E-state index contributed by atoms with van der Waals surface area (Å²) in [6.07, 6.45) is 0. The van der Waals surface area contributed by atoms with E-state index in [4.69, 9.17) is 11.6 Å². The second-order valence-corrected chi connectivity index (χ2v) is 3.39. The third-order valence-electron chi connectivity index (χ3n) is 1.95. The molecule has 1 N–H and O–H groups in total. The molecule has 0 aliphatic carbocycles. The van der Waals surface area contributed by atoms with Crippen molar-refractivity contribution in [3.05, 3.63) is 17.3 Å². The van der Waals surface area contributed by atoms with Crippen molar-refractivity contribution in [2.45, 2.75) is 6.92 Å². The maximum Gasteiger partial charge on any atom is 0.241 e. The van der Waals surface area contributed by atoms with E-state index < -0.39 is 0 Å². The lowest BCUT2D eigenvalue weighted by Crippen LogP contribution is -2.32. The summed E-state index contributed by atoms with van der Waals surface area (Å²) < 4.78 is 0. The van der Waals surface area contributed by atoms with Crippen molar-refractivity contribution in [2.75, 3.05) is 25.5 Å². The second kappa shape index (κ2) is 5.50. The highest BCUT2D eigenvalue weighted by Gasteiger charge is 2.05. The van der Waals surface area contributed by atoms with E-state index in [0.29, 0.717) is 17.5 Å². The summed E-state index contributed by atoms with van der Waals surface area (Å²) in [6, 6.07) is 3.29. The van der Waals surface area contributed by atoms with Gasteiger partial charge >= 0.3 is 0 Å². The quantitative estimate of drug-likeness (QED) is 0.836. The van der Waals surface area contributed by atoms with Crippen LogP contribution in [0, 0.1) is 0 Å². The Labute approximate surface area is 93.4 Å². The molecule has 0 spiro atoms. The number of rotatable bonds is 4. The first-order chi connectivity index (χ1) is 7.13. The van der Waals surface area contributed by atoms with Gasteiger partial charge in [0, 0.05) is 13.6 Å². The number of nitrogens with zero attached hydrogens (tertiary/aromatic N) is 3. The van der Waals surface area contributed by atoms with E-state index >= 15 is 0 Å². The maximum absolute atomic E-state index is 11.4. The second-order valence-electron chi connectivity index (χ2n) is 3.00. The average molecular weight is 229 g/mol. The Morgan fingerprint density at radius 2 is 2.27 bits per heavy atom. The molecule has 5 nitrogen and oxygen atoms in total. The molecule has 0 unspecified atom stereocenters. The molecule has 0 aliphatic rings. The van der Waals surface area contributed by atoms with Crippen LogP contribution in [0.5, 0.6) is 0 Å². The summed E-state index contributed by atoms with van der Waals surface area (Å²) >= 11 is 5.57. The molecule has 6 heteroatoms. The SMILES string of the molecule is CCN(C)C(=O)CNc1ccc(Cl)nn1. The number of nitrogens with one attached hydrogen (secondary N) is 1. The van der Waals surface area contributed by atoms with Gasteiger partial charge in [-0.2, -0.15) is 0 Å². The van der Waals surface area contributed by atoms with Gasteiger partial charge in [-0.15, -0.1) is 10.2 Å².